The number of fused-ring (bicyclic) bond motifs is 1. The highest BCUT2D eigenvalue weighted by Gasteiger charge is 2.30. The van der Waals surface area contributed by atoms with Crippen molar-refractivity contribution in [2.24, 2.45) is 0 Å². The Kier molecular flexibility index (Phi) is 4.42. The van der Waals surface area contributed by atoms with Gasteiger partial charge in [0.2, 0.25) is 0 Å². The molecular formula is C17H19ClN2O. The average molecular weight is 303 g/mol. The molecule has 110 valence electrons. The minimum atomic E-state index is 0.261. The highest BCUT2D eigenvalue weighted by atomic mass is 35.5. The van der Waals surface area contributed by atoms with Crippen molar-refractivity contribution in [3.63, 3.8) is 0 Å². The molecular weight excluding hydrogens is 284 g/mol. The van der Waals surface area contributed by atoms with Crippen molar-refractivity contribution in [3.05, 3.63) is 58.9 Å². The van der Waals surface area contributed by atoms with Gasteiger partial charge in [-0.2, -0.15) is 0 Å². The van der Waals surface area contributed by atoms with Crippen LogP contribution in [0.5, 0.6) is 5.75 Å². The van der Waals surface area contributed by atoms with E-state index in [9.17, 15) is 0 Å². The van der Waals surface area contributed by atoms with Crippen LogP contribution in [0.15, 0.2) is 42.6 Å². The molecule has 1 aliphatic rings. The van der Waals surface area contributed by atoms with E-state index >= 15 is 0 Å². The zero-order chi connectivity index (χ0) is 14.7. The highest BCUT2D eigenvalue weighted by Crippen LogP contribution is 2.33. The third kappa shape index (κ3) is 3.20. The molecule has 0 amide bonds. The first-order chi connectivity index (χ1) is 10.3. The average Bonchev–Trinajstić information content (AvgIpc) is 2.94. The minimum absolute atomic E-state index is 0.261. The van der Waals surface area contributed by atoms with Crippen molar-refractivity contribution < 1.29 is 4.74 Å². The van der Waals surface area contributed by atoms with Gasteiger partial charge in [0, 0.05) is 28.9 Å². The minimum Gasteiger partial charge on any atom is -0.492 e. The smallest absolute Gasteiger partial charge is 0.119 e. The van der Waals surface area contributed by atoms with Gasteiger partial charge in [0.25, 0.3) is 0 Å². The third-order valence-electron chi connectivity index (χ3n) is 4.10. The molecule has 0 fully saturated rings. The molecule has 0 saturated carbocycles. The Balaban J connectivity index is 1.67. The monoisotopic (exact) mass is 302 g/mol. The summed E-state index contributed by atoms with van der Waals surface area (Å²) in [4.78, 5) is 4.56. The number of aryl methyl sites for hydroxylation is 1. The molecule has 0 spiro atoms. The topological polar surface area (TPSA) is 34.1 Å². The maximum absolute atomic E-state index is 5.89. The van der Waals surface area contributed by atoms with Gasteiger partial charge in [-0.3, -0.25) is 4.98 Å². The Bertz CT molecular complexity index is 600. The molecule has 4 heteroatoms. The molecule has 0 aliphatic heterocycles. The van der Waals surface area contributed by atoms with Gasteiger partial charge in [-0.05, 0) is 55.8 Å². The Morgan fingerprint density at radius 2 is 2.14 bits per heavy atom. The maximum atomic E-state index is 5.89. The summed E-state index contributed by atoms with van der Waals surface area (Å²) in [6.07, 6.45) is 4.11. The molecule has 0 saturated heterocycles. The van der Waals surface area contributed by atoms with E-state index in [1.165, 1.54) is 11.3 Å². The predicted octanol–water partition coefficient (Wildman–Crippen LogP) is 3.43. The number of likely N-dealkylation sites (N-methyl/N-ethyl adjacent to an activating group) is 1. The summed E-state index contributed by atoms with van der Waals surface area (Å²) in [5.41, 5.74) is 2.59. The molecule has 2 unspecified atom stereocenters. The zero-order valence-corrected chi connectivity index (χ0v) is 12.8. The lowest BCUT2D eigenvalue weighted by atomic mass is 9.97. The molecule has 0 bridgehead atoms. The summed E-state index contributed by atoms with van der Waals surface area (Å²) >= 11 is 5.89. The molecule has 2 aromatic rings. The van der Waals surface area contributed by atoms with Crippen LogP contribution >= 0.6 is 11.6 Å². The molecule has 1 heterocycles. The first-order valence-corrected chi connectivity index (χ1v) is 7.65. The van der Waals surface area contributed by atoms with E-state index in [1.54, 1.807) is 0 Å². The van der Waals surface area contributed by atoms with Gasteiger partial charge in [-0.25, -0.2) is 0 Å². The number of aromatic nitrogens is 1. The lowest BCUT2D eigenvalue weighted by Crippen LogP contribution is -2.37. The number of benzene rings is 1. The lowest BCUT2D eigenvalue weighted by molar-refractivity contribution is 0.248. The number of nitrogens with zero attached hydrogens (tertiary/aromatic N) is 1. The predicted molar refractivity (Wildman–Crippen MR) is 85.1 cm³/mol. The second-order valence-corrected chi connectivity index (χ2v) is 5.79. The standard InChI is InChI=1S/C17H19ClN2O/c1-19-16(11-21-14-7-5-13(18)6-8-14)15-9-4-12-3-2-10-20-17(12)15/h2-3,5-8,10,15-16,19H,4,9,11H2,1H3. The van der Waals surface area contributed by atoms with Crippen molar-refractivity contribution in [3.8, 4) is 5.75 Å². The number of pyridine rings is 1. The normalized spacial score (nSPS) is 18.3. The van der Waals surface area contributed by atoms with Crippen molar-refractivity contribution in [2.75, 3.05) is 13.7 Å². The summed E-state index contributed by atoms with van der Waals surface area (Å²) in [5.74, 6) is 1.26. The van der Waals surface area contributed by atoms with Crippen molar-refractivity contribution in [2.45, 2.75) is 24.8 Å². The molecule has 1 N–H and O–H groups in total. The molecule has 21 heavy (non-hydrogen) atoms. The molecule has 1 aliphatic carbocycles. The Morgan fingerprint density at radius 1 is 1.33 bits per heavy atom. The van der Waals surface area contributed by atoms with Gasteiger partial charge in [0.05, 0.1) is 0 Å². The summed E-state index contributed by atoms with van der Waals surface area (Å²) in [6, 6.07) is 11.9. The van der Waals surface area contributed by atoms with E-state index in [2.05, 4.69) is 16.4 Å². The fraction of sp³-hybridized carbons (Fsp3) is 0.353. The number of nitrogens with one attached hydrogen (secondary N) is 1. The van der Waals surface area contributed by atoms with Crippen LogP contribution in [0.1, 0.15) is 23.6 Å². The molecule has 1 aromatic carbocycles. The lowest BCUT2D eigenvalue weighted by Gasteiger charge is -2.23. The van der Waals surface area contributed by atoms with Crippen LogP contribution < -0.4 is 10.1 Å². The van der Waals surface area contributed by atoms with E-state index in [0.717, 1.165) is 23.6 Å². The number of hydrogen-bond donors (Lipinski definition) is 1. The van der Waals surface area contributed by atoms with E-state index in [-0.39, 0.29) is 6.04 Å². The molecule has 3 nitrogen and oxygen atoms in total. The van der Waals surface area contributed by atoms with Gasteiger partial charge in [-0.1, -0.05) is 17.7 Å². The summed E-state index contributed by atoms with van der Waals surface area (Å²) in [5, 5.41) is 4.10. The van der Waals surface area contributed by atoms with E-state index in [4.69, 9.17) is 16.3 Å². The Labute approximate surface area is 130 Å². The third-order valence-corrected chi connectivity index (χ3v) is 4.35. The van der Waals surface area contributed by atoms with Crippen LogP contribution in [-0.2, 0) is 6.42 Å². The van der Waals surface area contributed by atoms with Crippen LogP contribution in [-0.4, -0.2) is 24.7 Å². The van der Waals surface area contributed by atoms with E-state index in [0.29, 0.717) is 12.5 Å². The molecule has 0 radical (unpaired) electrons. The Hall–Kier alpha value is -1.58. The fourth-order valence-corrected chi connectivity index (χ4v) is 3.08. The van der Waals surface area contributed by atoms with Crippen molar-refractivity contribution in [1.82, 2.24) is 10.3 Å². The van der Waals surface area contributed by atoms with Gasteiger partial charge in [0.15, 0.2) is 0 Å². The van der Waals surface area contributed by atoms with Crippen LogP contribution in [0.4, 0.5) is 0 Å². The first kappa shape index (κ1) is 14.4. The second kappa shape index (κ2) is 6.46. The summed E-state index contributed by atoms with van der Waals surface area (Å²) in [7, 11) is 1.98. The summed E-state index contributed by atoms with van der Waals surface area (Å²) in [6.45, 7) is 0.624. The molecule has 3 rings (SSSR count). The van der Waals surface area contributed by atoms with Crippen LogP contribution in [0, 0.1) is 0 Å². The van der Waals surface area contributed by atoms with Crippen molar-refractivity contribution in [1.29, 1.82) is 0 Å². The van der Waals surface area contributed by atoms with Gasteiger partial charge >= 0.3 is 0 Å². The SMILES string of the molecule is CNC(COc1ccc(Cl)cc1)C1CCc2cccnc21. The number of rotatable bonds is 5. The highest BCUT2D eigenvalue weighted by molar-refractivity contribution is 6.30. The first-order valence-electron chi connectivity index (χ1n) is 7.27. The number of ether oxygens (including phenoxy) is 1. The van der Waals surface area contributed by atoms with Gasteiger partial charge < -0.3 is 10.1 Å². The van der Waals surface area contributed by atoms with Gasteiger partial charge in [0.1, 0.15) is 12.4 Å². The van der Waals surface area contributed by atoms with Crippen LogP contribution in [0.3, 0.4) is 0 Å². The van der Waals surface area contributed by atoms with Crippen molar-refractivity contribution >= 4 is 11.6 Å². The Morgan fingerprint density at radius 3 is 2.90 bits per heavy atom. The summed E-state index contributed by atoms with van der Waals surface area (Å²) < 4.78 is 5.89. The largest absolute Gasteiger partial charge is 0.492 e. The number of halogens is 1. The quantitative estimate of drug-likeness (QED) is 0.919. The van der Waals surface area contributed by atoms with E-state index in [1.807, 2.05) is 43.6 Å². The van der Waals surface area contributed by atoms with E-state index < -0.39 is 0 Å². The fourth-order valence-electron chi connectivity index (χ4n) is 2.95. The molecule has 2 atom stereocenters. The van der Waals surface area contributed by atoms with Crippen LogP contribution in [0.25, 0.3) is 0 Å². The number of hydrogen-bond acceptors (Lipinski definition) is 3. The molecule has 1 aromatic heterocycles. The van der Waals surface area contributed by atoms with Gasteiger partial charge in [-0.15, -0.1) is 0 Å². The zero-order valence-electron chi connectivity index (χ0n) is 12.1. The second-order valence-electron chi connectivity index (χ2n) is 5.35. The maximum Gasteiger partial charge on any atom is 0.119 e. The van der Waals surface area contributed by atoms with Crippen LogP contribution in [0.2, 0.25) is 5.02 Å².